The minimum atomic E-state index is -2.60. The van der Waals surface area contributed by atoms with E-state index in [0.29, 0.717) is 6.42 Å². The Bertz CT molecular complexity index is 312. The number of hydrogen-bond acceptors (Lipinski definition) is 2. The molecule has 0 aromatic rings. The van der Waals surface area contributed by atoms with Crippen LogP contribution in [-0.2, 0) is 9.53 Å². The average Bonchev–Trinajstić information content (AvgIpc) is 2.46. The zero-order valence-corrected chi connectivity index (χ0v) is 13.2. The smallest absolute Gasteiger partial charge is 0.305 e. The summed E-state index contributed by atoms with van der Waals surface area (Å²) in [4.78, 5) is 11.2. The van der Waals surface area contributed by atoms with Crippen LogP contribution in [0.15, 0.2) is 12.2 Å². The Morgan fingerprint density at radius 1 is 0.900 bits per heavy atom. The minimum Gasteiger partial charge on any atom is -0.469 e. The summed E-state index contributed by atoms with van der Waals surface area (Å²) in [5.74, 6) is -0.617. The van der Waals surface area contributed by atoms with Crippen LogP contribution in [0.5, 0.6) is 0 Å². The fourth-order valence-electron chi connectivity index (χ4n) is 2.21. The third kappa shape index (κ3) is 15.3. The number of unbranched alkanes of at least 4 members (excludes halogenated alkanes) is 10. The Morgan fingerprint density at radius 3 is 2.05 bits per heavy atom. The van der Waals surface area contributed by atoms with Crippen molar-refractivity contribution >= 4 is 5.97 Å². The van der Waals surface area contributed by atoms with Gasteiger partial charge >= 0.3 is 5.97 Å². The average molecular weight is 285 g/mol. The number of rotatable bonds is 14. The van der Waals surface area contributed by atoms with Gasteiger partial charge in [-0.2, -0.15) is 0 Å². The first-order valence-corrected chi connectivity index (χ1v) is 8.32. The molecule has 0 heterocycles. The highest BCUT2D eigenvalue weighted by molar-refractivity contribution is 5.68. The highest BCUT2D eigenvalue weighted by Gasteiger charge is 1.98. The van der Waals surface area contributed by atoms with Crippen LogP contribution in [0, 0.1) is 0 Å². The van der Waals surface area contributed by atoms with Crippen LogP contribution in [0.4, 0.5) is 0 Å². The van der Waals surface area contributed by atoms with E-state index in [4.69, 9.17) is 4.11 Å². The number of carbonyl (C=O) groups is 1. The molecule has 0 radical (unpaired) electrons. The third-order valence-corrected chi connectivity index (χ3v) is 3.51. The van der Waals surface area contributed by atoms with E-state index in [1.54, 1.807) is 0 Å². The lowest BCUT2D eigenvalue weighted by Gasteiger charge is -2.00. The van der Waals surface area contributed by atoms with Gasteiger partial charge in [0.1, 0.15) is 0 Å². The summed E-state index contributed by atoms with van der Waals surface area (Å²) in [5.41, 5.74) is 0. The maximum absolute atomic E-state index is 11.2. The summed E-state index contributed by atoms with van der Waals surface area (Å²) in [7, 11) is -2.60. The molecule has 0 aliphatic heterocycles. The topological polar surface area (TPSA) is 26.3 Å². The summed E-state index contributed by atoms with van der Waals surface area (Å²) < 4.78 is 24.8. The second kappa shape index (κ2) is 16.3. The van der Waals surface area contributed by atoms with Gasteiger partial charge in [-0.15, -0.1) is 0 Å². The molecule has 2 nitrogen and oxygen atoms in total. The van der Waals surface area contributed by atoms with E-state index < -0.39 is 13.0 Å². The van der Waals surface area contributed by atoms with Crippen LogP contribution < -0.4 is 0 Å². The highest BCUT2D eigenvalue weighted by Crippen LogP contribution is 2.10. The second-order valence-electron chi connectivity index (χ2n) is 5.45. The fourth-order valence-corrected chi connectivity index (χ4v) is 2.21. The first-order chi connectivity index (χ1) is 11.0. The van der Waals surface area contributed by atoms with Crippen LogP contribution in [0.2, 0.25) is 0 Å². The van der Waals surface area contributed by atoms with Crippen molar-refractivity contribution in [3.05, 3.63) is 12.2 Å². The predicted octanol–water partition coefficient (Wildman–Crippen LogP) is 5.81. The molecule has 118 valence electrons. The summed E-state index contributed by atoms with van der Waals surface area (Å²) in [6, 6.07) is 0. The number of hydrogen-bond donors (Lipinski definition) is 0. The van der Waals surface area contributed by atoms with E-state index in [1.807, 2.05) is 0 Å². The van der Waals surface area contributed by atoms with Crippen molar-refractivity contribution in [1.29, 1.82) is 0 Å². The molecule has 0 rings (SSSR count). The summed E-state index contributed by atoms with van der Waals surface area (Å²) >= 11 is 0. The SMILES string of the molecule is [2H]C([2H])([2H])OC(=O)CCCCCCCC/C=C\CCCCCC. The van der Waals surface area contributed by atoms with Gasteiger partial charge in [0, 0.05) is 6.42 Å². The van der Waals surface area contributed by atoms with Crippen molar-refractivity contribution in [1.82, 2.24) is 0 Å². The largest absolute Gasteiger partial charge is 0.469 e. The summed E-state index contributed by atoms with van der Waals surface area (Å²) in [6.45, 7) is 2.23. The molecule has 0 aliphatic carbocycles. The number of ether oxygens (including phenoxy) is 1. The minimum absolute atomic E-state index is 0.207. The van der Waals surface area contributed by atoms with Crippen LogP contribution in [0.3, 0.4) is 0 Å². The first kappa shape index (κ1) is 14.2. The maximum atomic E-state index is 11.2. The highest BCUT2D eigenvalue weighted by atomic mass is 16.5. The lowest BCUT2D eigenvalue weighted by atomic mass is 10.1. The van der Waals surface area contributed by atoms with E-state index >= 15 is 0 Å². The Kier molecular flexibility index (Phi) is 11.5. The molecular formula is C18H34O2. The van der Waals surface area contributed by atoms with Gasteiger partial charge in [0.05, 0.1) is 11.2 Å². The summed E-state index contributed by atoms with van der Waals surface area (Å²) in [6.07, 6.45) is 18.9. The normalized spacial score (nSPS) is 13.9. The molecule has 0 saturated heterocycles. The fraction of sp³-hybridized carbons (Fsp3) is 0.833. The number of methoxy groups -OCH3 is 1. The molecule has 0 aliphatic rings. The molecule has 0 amide bonds. The quantitative estimate of drug-likeness (QED) is 0.229. The molecule has 0 spiro atoms. The van der Waals surface area contributed by atoms with Crippen LogP contribution in [0.25, 0.3) is 0 Å². The van der Waals surface area contributed by atoms with Crippen molar-refractivity contribution < 1.29 is 13.6 Å². The van der Waals surface area contributed by atoms with Crippen molar-refractivity contribution in [2.75, 3.05) is 7.04 Å². The number of allylic oxidation sites excluding steroid dienone is 2. The predicted molar refractivity (Wildman–Crippen MR) is 86.9 cm³/mol. The molecule has 0 unspecified atom stereocenters. The van der Waals surface area contributed by atoms with Crippen molar-refractivity contribution in [2.24, 2.45) is 0 Å². The van der Waals surface area contributed by atoms with E-state index in [-0.39, 0.29) is 6.42 Å². The lowest BCUT2D eigenvalue weighted by molar-refractivity contribution is -0.140. The van der Waals surface area contributed by atoms with Gasteiger partial charge in [-0.3, -0.25) is 4.79 Å². The lowest BCUT2D eigenvalue weighted by Crippen LogP contribution is -1.99. The van der Waals surface area contributed by atoms with E-state index in [1.165, 1.54) is 57.8 Å². The molecule has 20 heavy (non-hydrogen) atoms. The van der Waals surface area contributed by atoms with Gasteiger partial charge in [-0.25, -0.2) is 0 Å². The Labute approximate surface area is 130 Å². The number of esters is 1. The molecule has 0 N–H and O–H groups in total. The van der Waals surface area contributed by atoms with E-state index in [2.05, 4.69) is 23.8 Å². The first-order valence-electron chi connectivity index (χ1n) is 9.82. The molecule has 2 heteroatoms. The molecule has 0 aromatic heterocycles. The van der Waals surface area contributed by atoms with Crippen LogP contribution in [0.1, 0.15) is 94.5 Å². The Hall–Kier alpha value is -0.790. The number of carbonyl (C=O) groups excluding carboxylic acids is 1. The van der Waals surface area contributed by atoms with Gasteiger partial charge < -0.3 is 4.74 Å². The van der Waals surface area contributed by atoms with Crippen LogP contribution in [-0.4, -0.2) is 13.0 Å². The zero-order valence-electron chi connectivity index (χ0n) is 16.2. The van der Waals surface area contributed by atoms with Crippen molar-refractivity contribution in [3.8, 4) is 0 Å². The Morgan fingerprint density at radius 2 is 1.45 bits per heavy atom. The summed E-state index contributed by atoms with van der Waals surface area (Å²) in [5, 5.41) is 0. The van der Waals surface area contributed by atoms with Gasteiger partial charge in [-0.05, 0) is 32.1 Å². The second-order valence-corrected chi connectivity index (χ2v) is 5.45. The maximum Gasteiger partial charge on any atom is 0.305 e. The molecule has 0 atom stereocenters. The van der Waals surface area contributed by atoms with Gasteiger partial charge in [-0.1, -0.05) is 64.0 Å². The van der Waals surface area contributed by atoms with Crippen molar-refractivity contribution in [3.63, 3.8) is 0 Å². The van der Waals surface area contributed by atoms with E-state index in [9.17, 15) is 4.79 Å². The van der Waals surface area contributed by atoms with Crippen molar-refractivity contribution in [2.45, 2.75) is 90.4 Å². The molecule has 0 aromatic carbocycles. The Balaban J connectivity index is 3.25. The molecule has 0 bridgehead atoms. The van der Waals surface area contributed by atoms with Crippen LogP contribution >= 0.6 is 0 Å². The standard InChI is InChI=1S/C18H34O2/c1-3-4-5-6-7-8-9-10-11-12-13-14-15-16-17-18(19)20-2/h8-9H,3-7,10-17H2,1-2H3/b9-8-/i2D3. The van der Waals surface area contributed by atoms with Gasteiger partial charge in [0.25, 0.3) is 0 Å². The molecule has 0 fully saturated rings. The third-order valence-electron chi connectivity index (χ3n) is 3.51. The van der Waals surface area contributed by atoms with Gasteiger partial charge in [0.15, 0.2) is 0 Å². The molecule has 0 saturated carbocycles. The van der Waals surface area contributed by atoms with Gasteiger partial charge in [0.2, 0.25) is 0 Å². The van der Waals surface area contributed by atoms with E-state index in [0.717, 1.165) is 12.8 Å². The monoisotopic (exact) mass is 285 g/mol. The zero-order chi connectivity index (χ0) is 17.4. The molecular weight excluding hydrogens is 248 g/mol.